The van der Waals surface area contributed by atoms with Crippen LogP contribution in [0.3, 0.4) is 0 Å². The number of nitrogens with zero attached hydrogens (tertiary/aromatic N) is 3. The van der Waals surface area contributed by atoms with Gasteiger partial charge in [0.1, 0.15) is 0 Å². The second kappa shape index (κ2) is 6.60. The van der Waals surface area contributed by atoms with Crippen LogP contribution in [0.4, 0.5) is 0 Å². The van der Waals surface area contributed by atoms with Crippen LogP contribution in [0, 0.1) is 0 Å². The van der Waals surface area contributed by atoms with Crippen molar-refractivity contribution in [2.45, 2.75) is 25.1 Å². The highest BCUT2D eigenvalue weighted by atomic mass is 16.3. The Morgan fingerprint density at radius 1 is 1.36 bits per heavy atom. The van der Waals surface area contributed by atoms with Gasteiger partial charge in [-0.25, -0.2) is 4.98 Å². The number of likely N-dealkylation sites (tertiary alicyclic amines) is 1. The first kappa shape index (κ1) is 15.2. The number of rotatable bonds is 6. The minimum absolute atomic E-state index is 0.621. The van der Waals surface area contributed by atoms with E-state index in [4.69, 9.17) is 0 Å². The van der Waals surface area contributed by atoms with Crippen LogP contribution in [0.5, 0.6) is 0 Å². The van der Waals surface area contributed by atoms with Crippen molar-refractivity contribution in [1.82, 2.24) is 19.8 Å². The van der Waals surface area contributed by atoms with Gasteiger partial charge < -0.3 is 10.1 Å². The van der Waals surface area contributed by atoms with Gasteiger partial charge in [-0.2, -0.15) is 0 Å². The van der Waals surface area contributed by atoms with Gasteiger partial charge in [0, 0.05) is 44.6 Å². The Bertz CT molecular complexity index is 572. The molecule has 0 spiro atoms. The molecule has 118 valence electrons. The zero-order valence-electron chi connectivity index (χ0n) is 13.1. The molecular formula is C17H24N4O. The van der Waals surface area contributed by atoms with E-state index in [9.17, 15) is 5.11 Å². The fraction of sp³-hybridized carbons (Fsp3) is 0.471. The molecule has 0 amide bonds. The maximum Gasteiger partial charge on any atom is 0.0922 e. The van der Waals surface area contributed by atoms with Gasteiger partial charge >= 0.3 is 0 Å². The van der Waals surface area contributed by atoms with Crippen molar-refractivity contribution < 1.29 is 5.11 Å². The number of aromatic amines is 1. The van der Waals surface area contributed by atoms with Gasteiger partial charge in [-0.15, -0.1) is 0 Å². The molecule has 1 aromatic carbocycles. The number of imidazole rings is 1. The van der Waals surface area contributed by atoms with Crippen molar-refractivity contribution in [1.29, 1.82) is 0 Å². The zero-order chi connectivity index (χ0) is 15.4. The Morgan fingerprint density at radius 2 is 2.18 bits per heavy atom. The number of aromatic nitrogens is 2. The molecule has 1 atom stereocenters. The number of likely N-dealkylation sites (N-methyl/N-ethyl adjacent to an activating group) is 1. The number of β-amino-alcohol motifs (C(OH)–C–C–N with tert-alkyl or cyclic N) is 1. The third-order valence-corrected chi connectivity index (χ3v) is 4.22. The minimum atomic E-state index is -0.621. The molecule has 2 aromatic rings. The molecule has 1 aliphatic rings. The summed E-state index contributed by atoms with van der Waals surface area (Å²) in [5, 5.41) is 10.8. The summed E-state index contributed by atoms with van der Waals surface area (Å²) in [5.74, 6) is 0. The van der Waals surface area contributed by atoms with E-state index in [0.717, 1.165) is 38.3 Å². The first-order valence-corrected chi connectivity index (χ1v) is 7.77. The number of nitrogens with one attached hydrogen (secondary N) is 1. The van der Waals surface area contributed by atoms with Crippen molar-refractivity contribution in [3.8, 4) is 0 Å². The lowest BCUT2D eigenvalue weighted by molar-refractivity contribution is 0.0159. The molecular weight excluding hydrogens is 276 g/mol. The van der Waals surface area contributed by atoms with Gasteiger partial charge in [0.05, 0.1) is 11.9 Å². The van der Waals surface area contributed by atoms with Crippen LogP contribution < -0.4 is 0 Å². The lowest BCUT2D eigenvalue weighted by Crippen LogP contribution is -2.43. The molecule has 1 saturated heterocycles. The maximum atomic E-state index is 10.8. The first-order chi connectivity index (χ1) is 10.6. The number of hydrogen-bond donors (Lipinski definition) is 2. The second-order valence-corrected chi connectivity index (χ2v) is 6.42. The summed E-state index contributed by atoms with van der Waals surface area (Å²) in [6.45, 7) is 4.05. The molecule has 1 unspecified atom stereocenters. The van der Waals surface area contributed by atoms with E-state index >= 15 is 0 Å². The summed E-state index contributed by atoms with van der Waals surface area (Å²) in [5.41, 5.74) is 1.76. The summed E-state index contributed by atoms with van der Waals surface area (Å²) >= 11 is 0. The van der Waals surface area contributed by atoms with Crippen molar-refractivity contribution in [2.75, 3.05) is 26.7 Å². The number of hydrogen-bond acceptors (Lipinski definition) is 4. The molecule has 0 saturated carbocycles. The van der Waals surface area contributed by atoms with E-state index in [1.54, 1.807) is 6.33 Å². The summed E-state index contributed by atoms with van der Waals surface area (Å²) < 4.78 is 0. The fourth-order valence-electron chi connectivity index (χ4n) is 3.27. The standard InChI is InChI=1S/C17H24N4O/c1-20(11-16-9-18-14-19-16)12-17(22)7-8-21(13-17)10-15-5-3-2-4-6-15/h2-6,9,14,22H,7-8,10-13H2,1H3,(H,18,19). The molecule has 2 N–H and O–H groups in total. The van der Waals surface area contributed by atoms with Crippen LogP contribution >= 0.6 is 0 Å². The van der Waals surface area contributed by atoms with E-state index in [0.29, 0.717) is 6.54 Å². The molecule has 0 bridgehead atoms. The van der Waals surface area contributed by atoms with Crippen molar-refractivity contribution in [3.63, 3.8) is 0 Å². The van der Waals surface area contributed by atoms with E-state index in [1.807, 2.05) is 19.3 Å². The molecule has 5 heteroatoms. The third kappa shape index (κ3) is 3.94. The van der Waals surface area contributed by atoms with Crippen LogP contribution in [0.1, 0.15) is 17.7 Å². The van der Waals surface area contributed by atoms with Gasteiger partial charge in [0.2, 0.25) is 0 Å². The van der Waals surface area contributed by atoms with E-state index in [-0.39, 0.29) is 0 Å². The van der Waals surface area contributed by atoms with Crippen LogP contribution in [-0.4, -0.2) is 57.2 Å². The SMILES string of the molecule is CN(Cc1cnc[nH]1)CC1(O)CCN(Cc2ccccc2)C1. The Balaban J connectivity index is 1.51. The highest BCUT2D eigenvalue weighted by Crippen LogP contribution is 2.24. The molecule has 0 radical (unpaired) electrons. The van der Waals surface area contributed by atoms with Crippen molar-refractivity contribution in [3.05, 3.63) is 54.1 Å². The summed E-state index contributed by atoms with van der Waals surface area (Å²) in [6, 6.07) is 10.4. The minimum Gasteiger partial charge on any atom is -0.387 e. The van der Waals surface area contributed by atoms with Crippen LogP contribution in [0.2, 0.25) is 0 Å². The van der Waals surface area contributed by atoms with E-state index in [2.05, 4.69) is 44.0 Å². The highest BCUT2D eigenvalue weighted by molar-refractivity contribution is 5.15. The maximum absolute atomic E-state index is 10.8. The van der Waals surface area contributed by atoms with Gasteiger partial charge in [-0.05, 0) is 19.0 Å². The molecule has 0 aliphatic carbocycles. The van der Waals surface area contributed by atoms with Gasteiger partial charge in [-0.1, -0.05) is 30.3 Å². The van der Waals surface area contributed by atoms with Crippen LogP contribution in [0.25, 0.3) is 0 Å². The monoisotopic (exact) mass is 300 g/mol. The summed E-state index contributed by atoms with van der Waals surface area (Å²) in [7, 11) is 2.04. The smallest absolute Gasteiger partial charge is 0.0922 e. The Hall–Kier alpha value is -1.69. The largest absolute Gasteiger partial charge is 0.387 e. The van der Waals surface area contributed by atoms with Gasteiger partial charge in [0.25, 0.3) is 0 Å². The lowest BCUT2D eigenvalue weighted by Gasteiger charge is -2.28. The fourth-order valence-corrected chi connectivity index (χ4v) is 3.27. The van der Waals surface area contributed by atoms with Crippen molar-refractivity contribution >= 4 is 0 Å². The van der Waals surface area contributed by atoms with E-state index in [1.165, 1.54) is 5.56 Å². The van der Waals surface area contributed by atoms with Gasteiger partial charge in [-0.3, -0.25) is 9.80 Å². The Labute approximate surface area is 131 Å². The predicted octanol–water partition coefficient (Wildman–Crippen LogP) is 1.48. The van der Waals surface area contributed by atoms with E-state index < -0.39 is 5.60 Å². The number of benzene rings is 1. The second-order valence-electron chi connectivity index (χ2n) is 6.42. The quantitative estimate of drug-likeness (QED) is 0.848. The lowest BCUT2D eigenvalue weighted by atomic mass is 10.0. The normalized spacial score (nSPS) is 22.5. The topological polar surface area (TPSA) is 55.4 Å². The zero-order valence-corrected chi connectivity index (χ0v) is 13.1. The Morgan fingerprint density at radius 3 is 2.91 bits per heavy atom. The van der Waals surface area contributed by atoms with Crippen molar-refractivity contribution in [2.24, 2.45) is 0 Å². The number of H-pyrrole nitrogens is 1. The summed E-state index contributed by atoms with van der Waals surface area (Å²) in [6.07, 6.45) is 4.35. The first-order valence-electron chi connectivity index (χ1n) is 7.77. The van der Waals surface area contributed by atoms with Crippen LogP contribution in [0.15, 0.2) is 42.9 Å². The average molecular weight is 300 g/mol. The van der Waals surface area contributed by atoms with Crippen LogP contribution in [-0.2, 0) is 13.1 Å². The molecule has 1 aliphatic heterocycles. The summed E-state index contributed by atoms with van der Waals surface area (Å²) in [4.78, 5) is 11.6. The molecule has 3 rings (SSSR count). The third-order valence-electron chi connectivity index (χ3n) is 4.22. The average Bonchev–Trinajstić information content (AvgIpc) is 3.10. The molecule has 1 aromatic heterocycles. The predicted molar refractivity (Wildman–Crippen MR) is 86.2 cm³/mol. The molecule has 5 nitrogen and oxygen atoms in total. The van der Waals surface area contributed by atoms with Gasteiger partial charge in [0.15, 0.2) is 0 Å². The number of aliphatic hydroxyl groups is 1. The molecule has 1 fully saturated rings. The molecule has 22 heavy (non-hydrogen) atoms. The molecule has 2 heterocycles. The highest BCUT2D eigenvalue weighted by Gasteiger charge is 2.36. The Kier molecular flexibility index (Phi) is 4.57.